The van der Waals surface area contributed by atoms with E-state index in [0.29, 0.717) is 18.9 Å². The number of aromatic nitrogens is 2. The van der Waals surface area contributed by atoms with E-state index in [9.17, 15) is 13.2 Å². The highest BCUT2D eigenvalue weighted by Crippen LogP contribution is 2.28. The molecule has 1 aliphatic rings. The van der Waals surface area contributed by atoms with Crippen LogP contribution in [0.5, 0.6) is 0 Å². The molecule has 1 saturated heterocycles. The van der Waals surface area contributed by atoms with Crippen LogP contribution in [0.1, 0.15) is 28.6 Å². The smallest absolute Gasteiger partial charge is 0.371 e. The van der Waals surface area contributed by atoms with Crippen molar-refractivity contribution in [2.45, 2.75) is 18.7 Å². The Morgan fingerprint density at radius 2 is 1.83 bits per heavy atom. The van der Waals surface area contributed by atoms with Gasteiger partial charge in [0.1, 0.15) is 5.82 Å². The summed E-state index contributed by atoms with van der Waals surface area (Å²) in [4.78, 5) is 7.57. The highest BCUT2D eigenvalue weighted by molar-refractivity contribution is 5.27. The summed E-state index contributed by atoms with van der Waals surface area (Å²) in [7, 11) is 0. The average Bonchev–Trinajstić information content (AvgIpc) is 2.56. The third-order valence-electron chi connectivity index (χ3n) is 3.67. The zero-order valence-electron chi connectivity index (χ0n) is 12.3. The van der Waals surface area contributed by atoms with Crippen LogP contribution >= 0.6 is 0 Å². The third-order valence-corrected chi connectivity index (χ3v) is 3.67. The van der Waals surface area contributed by atoms with Crippen LogP contribution in [0.15, 0.2) is 36.7 Å². The molecule has 3 rings (SSSR count). The number of alkyl halides is 3. The Labute approximate surface area is 131 Å². The van der Waals surface area contributed by atoms with Crippen LogP contribution in [0, 0.1) is 0 Å². The van der Waals surface area contributed by atoms with Gasteiger partial charge in [-0.25, -0.2) is 9.97 Å². The van der Waals surface area contributed by atoms with Gasteiger partial charge in [-0.1, -0.05) is 24.3 Å². The van der Waals surface area contributed by atoms with E-state index in [1.54, 1.807) is 0 Å². The van der Waals surface area contributed by atoms with Gasteiger partial charge in [0.25, 0.3) is 0 Å². The van der Waals surface area contributed by atoms with Gasteiger partial charge in [0, 0.05) is 31.9 Å². The molecule has 1 N–H and O–H groups in total. The molecule has 0 unspecified atom stereocenters. The number of halogens is 3. The molecule has 1 aromatic carbocycles. The van der Waals surface area contributed by atoms with Gasteiger partial charge in [-0.3, -0.25) is 0 Å². The van der Waals surface area contributed by atoms with Crippen LogP contribution in [-0.2, 0) is 17.3 Å². The minimum absolute atomic E-state index is 0.0418. The molecule has 2 aromatic rings. The molecule has 0 amide bonds. The van der Waals surface area contributed by atoms with E-state index in [4.69, 9.17) is 4.74 Å². The minimum atomic E-state index is -4.41. The lowest BCUT2D eigenvalue weighted by atomic mass is 10.0. The predicted octanol–water partition coefficient (Wildman–Crippen LogP) is 2.75. The Bertz CT molecular complexity index is 635. The summed E-state index contributed by atoms with van der Waals surface area (Å²) in [5.74, 6) is 0.362. The third kappa shape index (κ3) is 4.05. The summed E-state index contributed by atoms with van der Waals surface area (Å²) in [5.41, 5.74) is 1.19. The Hall–Kier alpha value is -1.99. The van der Waals surface area contributed by atoms with E-state index < -0.39 is 11.7 Å². The van der Waals surface area contributed by atoms with Crippen molar-refractivity contribution >= 4 is 0 Å². The summed E-state index contributed by atoms with van der Waals surface area (Å²) in [5, 5.41) is 3.27. The topological polar surface area (TPSA) is 47.0 Å². The lowest BCUT2D eigenvalue weighted by Gasteiger charge is -2.24. The first-order valence-electron chi connectivity index (χ1n) is 7.31. The van der Waals surface area contributed by atoms with E-state index in [-0.39, 0.29) is 6.10 Å². The maximum Gasteiger partial charge on any atom is 0.419 e. The lowest BCUT2D eigenvalue weighted by molar-refractivity contribution is -0.138. The molecule has 1 aromatic heterocycles. The molecule has 7 heteroatoms. The molecule has 1 atom stereocenters. The Kier molecular flexibility index (Phi) is 4.58. The van der Waals surface area contributed by atoms with Crippen molar-refractivity contribution < 1.29 is 17.9 Å². The van der Waals surface area contributed by atoms with Crippen LogP contribution in [0.2, 0.25) is 0 Å². The zero-order chi connectivity index (χ0) is 16.3. The molecule has 0 radical (unpaired) electrons. The maximum atomic E-state index is 12.5. The SMILES string of the molecule is FC(F)(F)c1cnc(Cc2ccc([C@@H]3CNCCO3)cc2)nc1. The monoisotopic (exact) mass is 323 g/mol. The second-order valence-electron chi connectivity index (χ2n) is 5.37. The molecular weight excluding hydrogens is 307 g/mol. The molecule has 122 valence electrons. The maximum absolute atomic E-state index is 12.5. The number of rotatable bonds is 3. The number of ether oxygens (including phenoxy) is 1. The van der Waals surface area contributed by atoms with Crippen molar-refractivity contribution in [2.75, 3.05) is 19.7 Å². The van der Waals surface area contributed by atoms with Crippen molar-refractivity contribution in [2.24, 2.45) is 0 Å². The van der Waals surface area contributed by atoms with E-state index in [2.05, 4.69) is 15.3 Å². The fourth-order valence-corrected chi connectivity index (χ4v) is 2.40. The van der Waals surface area contributed by atoms with Gasteiger partial charge in [0.15, 0.2) is 0 Å². The van der Waals surface area contributed by atoms with E-state index in [0.717, 1.165) is 36.6 Å². The van der Waals surface area contributed by atoms with Gasteiger partial charge in [-0.15, -0.1) is 0 Å². The van der Waals surface area contributed by atoms with Gasteiger partial charge in [-0.2, -0.15) is 13.2 Å². The molecule has 0 aliphatic carbocycles. The van der Waals surface area contributed by atoms with Crippen LogP contribution in [0.25, 0.3) is 0 Å². The minimum Gasteiger partial charge on any atom is -0.371 e. The van der Waals surface area contributed by atoms with Crippen LogP contribution in [0.3, 0.4) is 0 Å². The second-order valence-corrected chi connectivity index (χ2v) is 5.37. The quantitative estimate of drug-likeness (QED) is 0.943. The van der Waals surface area contributed by atoms with Crippen LogP contribution < -0.4 is 5.32 Å². The second kappa shape index (κ2) is 6.64. The summed E-state index contributed by atoms with van der Waals surface area (Å²) in [6.45, 7) is 2.33. The van der Waals surface area contributed by atoms with Gasteiger partial charge < -0.3 is 10.1 Å². The molecule has 23 heavy (non-hydrogen) atoms. The van der Waals surface area contributed by atoms with Crippen LogP contribution in [0.4, 0.5) is 13.2 Å². The zero-order valence-corrected chi connectivity index (χ0v) is 12.3. The van der Waals surface area contributed by atoms with E-state index >= 15 is 0 Å². The predicted molar refractivity (Wildman–Crippen MR) is 77.8 cm³/mol. The summed E-state index contributed by atoms with van der Waals surface area (Å²) in [6, 6.07) is 7.79. The molecule has 0 bridgehead atoms. The number of nitrogens with one attached hydrogen (secondary N) is 1. The summed E-state index contributed by atoms with van der Waals surface area (Å²) < 4.78 is 43.1. The Morgan fingerprint density at radius 3 is 2.39 bits per heavy atom. The largest absolute Gasteiger partial charge is 0.419 e. The van der Waals surface area contributed by atoms with Crippen LogP contribution in [-0.4, -0.2) is 29.7 Å². The number of hydrogen-bond acceptors (Lipinski definition) is 4. The Balaban J connectivity index is 1.66. The van der Waals surface area contributed by atoms with Gasteiger partial charge in [0.2, 0.25) is 0 Å². The first-order valence-corrected chi connectivity index (χ1v) is 7.31. The van der Waals surface area contributed by atoms with Crippen molar-refractivity contribution in [3.63, 3.8) is 0 Å². The molecule has 1 fully saturated rings. The summed E-state index contributed by atoms with van der Waals surface area (Å²) >= 11 is 0. The molecule has 2 heterocycles. The van der Waals surface area contributed by atoms with Gasteiger partial charge >= 0.3 is 6.18 Å². The Morgan fingerprint density at radius 1 is 1.13 bits per heavy atom. The van der Waals surface area contributed by atoms with Gasteiger partial charge in [0.05, 0.1) is 18.3 Å². The normalized spacial score (nSPS) is 18.8. The number of hydrogen-bond donors (Lipinski definition) is 1. The fourth-order valence-electron chi connectivity index (χ4n) is 2.40. The lowest BCUT2D eigenvalue weighted by Crippen LogP contribution is -2.33. The fraction of sp³-hybridized carbons (Fsp3) is 0.375. The number of morpholine rings is 1. The van der Waals surface area contributed by atoms with Gasteiger partial charge in [-0.05, 0) is 11.1 Å². The van der Waals surface area contributed by atoms with E-state index in [1.807, 2.05) is 24.3 Å². The number of benzene rings is 1. The van der Waals surface area contributed by atoms with Crippen molar-refractivity contribution in [3.05, 3.63) is 59.2 Å². The molecule has 0 spiro atoms. The van der Waals surface area contributed by atoms with Crippen molar-refractivity contribution in [1.82, 2.24) is 15.3 Å². The first-order chi connectivity index (χ1) is 11.0. The molecule has 1 aliphatic heterocycles. The summed E-state index contributed by atoms with van der Waals surface area (Å²) in [6.07, 6.45) is -2.34. The highest BCUT2D eigenvalue weighted by atomic mass is 19.4. The van der Waals surface area contributed by atoms with Crippen molar-refractivity contribution in [3.8, 4) is 0 Å². The van der Waals surface area contributed by atoms with E-state index in [1.165, 1.54) is 0 Å². The average molecular weight is 323 g/mol. The molecule has 0 saturated carbocycles. The first kappa shape index (κ1) is 15.9. The van der Waals surface area contributed by atoms with Crippen molar-refractivity contribution in [1.29, 1.82) is 0 Å². The highest BCUT2D eigenvalue weighted by Gasteiger charge is 2.31. The standard InChI is InChI=1S/C16H16F3N3O/c17-16(18,19)13-8-21-15(22-9-13)7-11-1-3-12(4-2-11)14-10-20-5-6-23-14/h1-4,8-9,14,20H,5-7,10H2/t14-/m0/s1. The molecular formula is C16H16F3N3O. The number of nitrogens with zero attached hydrogens (tertiary/aromatic N) is 2. The molecule has 4 nitrogen and oxygen atoms in total.